The molecule has 1 aromatic carbocycles. The molecular formula is C33H34ClN10Na2O10S2+. The molecule has 0 unspecified atom stereocenters. The first-order valence-corrected chi connectivity index (χ1v) is 19.6. The normalized spacial score (nSPS) is 24.1. The van der Waals surface area contributed by atoms with Gasteiger partial charge in [-0.15, -0.1) is 23.1 Å². The number of carboxylic acids is 2. The third-order valence-corrected chi connectivity index (χ3v) is 13.3. The van der Waals surface area contributed by atoms with Gasteiger partial charge in [0, 0.05) is 54.3 Å². The molecule has 2 bridgehead atoms. The summed E-state index contributed by atoms with van der Waals surface area (Å²) in [5.41, 5.74) is 6.68. The average molecular weight is 876 g/mol. The monoisotopic (exact) mass is 875 g/mol. The number of aromatic nitrogens is 5. The summed E-state index contributed by atoms with van der Waals surface area (Å²) in [6, 6.07) is 2.57. The van der Waals surface area contributed by atoms with Crippen LogP contribution in [0.25, 0.3) is 5.70 Å². The first-order valence-electron chi connectivity index (χ1n) is 17.3. The molecule has 0 spiro atoms. The molecule has 2 amide bonds. The number of nitrogens with two attached hydrogens (primary N) is 1. The van der Waals surface area contributed by atoms with E-state index in [9.17, 15) is 39.3 Å². The van der Waals surface area contributed by atoms with Crippen LogP contribution >= 0.6 is 34.7 Å². The number of piperidine rings is 3. The van der Waals surface area contributed by atoms with Gasteiger partial charge >= 0.3 is 65.1 Å². The number of thioether (sulfide) groups is 1. The second-order valence-corrected chi connectivity index (χ2v) is 16.6. The van der Waals surface area contributed by atoms with E-state index in [1.165, 1.54) is 29.3 Å². The molecule has 2 aromatic heterocycles. The van der Waals surface area contributed by atoms with E-state index >= 15 is 0 Å². The summed E-state index contributed by atoms with van der Waals surface area (Å²) in [7, 11) is 0. The van der Waals surface area contributed by atoms with Crippen LogP contribution in [-0.2, 0) is 24.0 Å². The molecule has 20 nitrogen and oxygen atoms in total. The quantitative estimate of drug-likeness (QED) is 0.0237. The van der Waals surface area contributed by atoms with Gasteiger partial charge in [0.15, 0.2) is 34.2 Å². The van der Waals surface area contributed by atoms with Crippen molar-refractivity contribution in [1.29, 1.82) is 0 Å². The van der Waals surface area contributed by atoms with Crippen molar-refractivity contribution in [3.05, 3.63) is 45.2 Å². The number of tetrazole rings is 1. The van der Waals surface area contributed by atoms with Gasteiger partial charge < -0.3 is 50.7 Å². The fraction of sp³-hybridized carbons (Fsp3) is 0.455. The van der Waals surface area contributed by atoms with Crippen LogP contribution in [0.15, 0.2) is 28.2 Å². The van der Waals surface area contributed by atoms with Gasteiger partial charge in [-0.05, 0) is 12.1 Å². The fourth-order valence-corrected chi connectivity index (χ4v) is 9.89. The van der Waals surface area contributed by atoms with Gasteiger partial charge in [0.2, 0.25) is 5.91 Å². The van der Waals surface area contributed by atoms with Crippen LogP contribution in [-0.4, -0.2) is 130 Å². The summed E-state index contributed by atoms with van der Waals surface area (Å²) in [6.07, 6.45) is -0.809. The standard InChI is InChI=1S/C33H35ClN10O10S2.2Na/c34-23-16(1-2-19(45)26(23)49)28(50)36-14-33-3-6-44(7-4-33,8-5-33)11-15-12-55-30-17(29(51)43(30)25(15)27-38-41-42-39-27)9-20(46)24(18-13-56-32(35)37-18)40-54-21(31(52)53)10-22(47)48;;/h1-2,13,17,21,30H,3-12,14H2,(H7-,35,36,37,38,39,40,41,42,45,46,47,48,49,50,52,53);;/q;2*+1/p-1/t17-,21-,30+,33?,44?;;/m0../s1. The Morgan fingerprint density at radius 1 is 1.19 bits per heavy atom. The molecule has 7 heterocycles. The third kappa shape index (κ3) is 9.20. The maximum absolute atomic E-state index is 13.9. The number of nitrogen functional groups attached to an aromatic ring is 1. The smallest absolute Gasteiger partial charge is 0.546 e. The number of phenols is 2. The molecule has 8 rings (SSSR count). The van der Waals surface area contributed by atoms with E-state index < -0.39 is 64.7 Å². The summed E-state index contributed by atoms with van der Waals surface area (Å²) in [6.45, 7) is 3.49. The Balaban J connectivity index is 0.00000320. The first-order chi connectivity index (χ1) is 26.7. The third-order valence-electron chi connectivity index (χ3n) is 10.9. The molecule has 4 fully saturated rings. The number of halogens is 1. The summed E-state index contributed by atoms with van der Waals surface area (Å²) in [5, 5.41) is 63.0. The maximum atomic E-state index is 13.9. The van der Waals surface area contributed by atoms with E-state index in [2.05, 4.69) is 36.1 Å². The van der Waals surface area contributed by atoms with E-state index in [1.54, 1.807) is 4.90 Å². The number of hydrogen-bond donors (Lipinski definition) is 5. The Labute approximate surface area is 387 Å². The summed E-state index contributed by atoms with van der Waals surface area (Å²) < 4.78 is 0.758. The number of quaternary nitrogens is 1. The van der Waals surface area contributed by atoms with Crippen molar-refractivity contribution in [2.75, 3.05) is 44.2 Å². The van der Waals surface area contributed by atoms with Gasteiger partial charge in [0.1, 0.15) is 12.2 Å². The molecule has 3 aromatic rings. The molecule has 4 saturated heterocycles. The summed E-state index contributed by atoms with van der Waals surface area (Å²) in [4.78, 5) is 73.7. The number of carbonyl (C=O) groups excluding carboxylic acids is 4. The minimum absolute atomic E-state index is 0. The number of aliphatic carboxylic acids is 2. The Morgan fingerprint density at radius 2 is 1.90 bits per heavy atom. The number of rotatable bonds is 15. The zero-order chi connectivity index (χ0) is 39.9. The van der Waals surface area contributed by atoms with Crippen LogP contribution in [0.4, 0.5) is 5.13 Å². The van der Waals surface area contributed by atoms with Crippen molar-refractivity contribution in [1.82, 2.24) is 35.8 Å². The van der Waals surface area contributed by atoms with Crippen LogP contribution in [0.3, 0.4) is 0 Å². The number of oxime groups is 1. The summed E-state index contributed by atoms with van der Waals surface area (Å²) >= 11 is 8.57. The number of aromatic hydroxyl groups is 2. The first kappa shape index (κ1) is 45.8. The molecule has 5 aliphatic heterocycles. The molecule has 58 heavy (non-hydrogen) atoms. The molecule has 3 atom stereocenters. The van der Waals surface area contributed by atoms with Gasteiger partial charge in [0.05, 0.1) is 65.4 Å². The molecule has 0 aliphatic carbocycles. The molecule has 0 saturated carbocycles. The van der Waals surface area contributed by atoms with Gasteiger partial charge in [0.25, 0.3) is 5.91 Å². The zero-order valence-corrected chi connectivity index (χ0v) is 37.7. The maximum Gasteiger partial charge on any atom is 1.00 e. The van der Waals surface area contributed by atoms with Gasteiger partial charge in [-0.2, -0.15) is 5.21 Å². The number of nitrogens with one attached hydrogen (secondary N) is 1. The number of hydrogen-bond acceptors (Lipinski definition) is 17. The Hall–Kier alpha value is -3.32. The van der Waals surface area contributed by atoms with Gasteiger partial charge in [-0.1, -0.05) is 16.8 Å². The van der Waals surface area contributed by atoms with Crippen molar-refractivity contribution < 1.29 is 113 Å². The van der Waals surface area contributed by atoms with E-state index in [0.29, 0.717) is 24.5 Å². The molecule has 296 valence electrons. The fourth-order valence-electron chi connectivity index (χ4n) is 7.70. The second kappa shape index (κ2) is 18.5. The number of carboxylic acid groups (broad SMARTS) is 2. The predicted octanol–water partition coefficient (Wildman–Crippen LogP) is -6.41. The Morgan fingerprint density at radius 3 is 2.50 bits per heavy atom. The number of fused-ring (bicyclic) bond motifs is 4. The van der Waals surface area contributed by atoms with Crippen LogP contribution in [0.1, 0.15) is 54.0 Å². The van der Waals surface area contributed by atoms with Crippen LogP contribution in [0.5, 0.6) is 11.5 Å². The van der Waals surface area contributed by atoms with E-state index in [4.69, 9.17) is 27.3 Å². The topological polar surface area (TPSA) is 298 Å². The number of thiazole rings is 1. The SMILES string of the molecule is Nc1nc(/C(=N/O[C@@H](CC(=O)O)C(=O)[O-])C(=O)C[C@H]2C(=O)N3C(c4nnn[n-]4)=C(C[N+]45CCC(CNC(=O)c6ccc(O)c(O)c6Cl)(CC4)CC5)CS[C@H]23)cs1.[Na+].[Na+]. The number of ketones is 1. The van der Waals surface area contributed by atoms with Crippen LogP contribution in [0, 0.1) is 11.3 Å². The van der Waals surface area contributed by atoms with Crippen LogP contribution in [0.2, 0.25) is 5.02 Å². The summed E-state index contributed by atoms with van der Waals surface area (Å²) in [5.74, 6) is -5.94. The largest absolute Gasteiger partial charge is 1.00 e. The van der Waals surface area contributed by atoms with Crippen molar-refractivity contribution in [3.8, 4) is 11.5 Å². The minimum Gasteiger partial charge on any atom is -0.546 e. The number of anilines is 1. The van der Waals surface area contributed by atoms with Crippen molar-refractivity contribution in [3.63, 3.8) is 0 Å². The number of benzene rings is 1. The van der Waals surface area contributed by atoms with Crippen molar-refractivity contribution in [2.24, 2.45) is 16.5 Å². The molecule has 5 aliphatic rings. The van der Waals surface area contributed by atoms with E-state index in [-0.39, 0.29) is 104 Å². The van der Waals surface area contributed by atoms with Crippen LogP contribution < -0.4 is 80.4 Å². The zero-order valence-electron chi connectivity index (χ0n) is 31.3. The van der Waals surface area contributed by atoms with Gasteiger partial charge in [-0.3, -0.25) is 34.4 Å². The molecule has 6 N–H and O–H groups in total. The second-order valence-electron chi connectivity index (χ2n) is 14.2. The van der Waals surface area contributed by atoms with E-state index in [0.717, 1.165) is 60.3 Å². The van der Waals surface area contributed by atoms with Crippen molar-refractivity contribution in [2.45, 2.75) is 43.6 Å². The van der Waals surface area contributed by atoms with E-state index in [1.807, 2.05) is 0 Å². The molecule has 25 heteroatoms. The average Bonchev–Trinajstić information content (AvgIpc) is 3.87. The number of phenolic OH excluding ortho intramolecular Hbond substituents is 2. The predicted molar refractivity (Wildman–Crippen MR) is 195 cm³/mol. The number of carbonyl (C=O) groups is 5. The Bertz CT molecular complexity index is 2150. The van der Waals surface area contributed by atoms with Crippen molar-refractivity contribution >= 4 is 80.8 Å². The number of nitrogens with zero attached hydrogens (tertiary/aromatic N) is 8. The number of β-lactam (4-membered cyclic amide) rings is 1. The minimum atomic E-state index is -1.99. The number of amides is 2. The molecule has 0 radical (unpaired) electrons. The Kier molecular flexibility index (Phi) is 14.6. The molecular weight excluding hydrogens is 842 g/mol. The number of Topliss-reactive ketones (excluding diaryl/α,β-unsaturated/α-hetero) is 1. The van der Waals surface area contributed by atoms with Gasteiger partial charge in [-0.25, -0.2) is 4.98 Å².